The number of carbonyl (C=O) groups is 1. The van der Waals surface area contributed by atoms with Crippen LogP contribution in [0.4, 0.5) is 17.6 Å². The lowest BCUT2D eigenvalue weighted by molar-refractivity contribution is -0.137. The molecule has 0 unspecified atom stereocenters. The lowest BCUT2D eigenvalue weighted by atomic mass is 9.86. The van der Waals surface area contributed by atoms with E-state index >= 15 is 0 Å². The number of nitrogens with one attached hydrogen (secondary N) is 1. The van der Waals surface area contributed by atoms with Gasteiger partial charge in [0.25, 0.3) is 0 Å². The van der Waals surface area contributed by atoms with Gasteiger partial charge in [0.2, 0.25) is 5.91 Å². The van der Waals surface area contributed by atoms with Crippen molar-refractivity contribution in [3.63, 3.8) is 0 Å². The molecule has 1 amide bonds. The molecule has 1 aromatic rings. The SMILES string of the molecule is CN1CCN(Cc2ccc(C(F)(F)F)cc2F)C[C@]12CCNC(=O)CC2. The predicted octanol–water partition coefficient (Wildman–Crippen LogP) is 2.63. The van der Waals surface area contributed by atoms with Crippen LogP contribution in [-0.4, -0.2) is 54.5 Å². The summed E-state index contributed by atoms with van der Waals surface area (Å²) in [5.41, 5.74) is -0.873. The molecule has 2 fully saturated rings. The predicted molar refractivity (Wildman–Crippen MR) is 88.9 cm³/mol. The van der Waals surface area contributed by atoms with Crippen molar-refractivity contribution >= 4 is 5.91 Å². The molecule has 0 radical (unpaired) electrons. The Morgan fingerprint density at radius 3 is 2.69 bits per heavy atom. The summed E-state index contributed by atoms with van der Waals surface area (Å²) in [5.74, 6) is -0.785. The molecule has 2 aliphatic rings. The second kappa shape index (κ2) is 7.15. The number of alkyl halides is 3. The maximum absolute atomic E-state index is 14.2. The summed E-state index contributed by atoms with van der Waals surface area (Å²) in [4.78, 5) is 16.0. The summed E-state index contributed by atoms with van der Waals surface area (Å²) < 4.78 is 52.3. The van der Waals surface area contributed by atoms with Gasteiger partial charge in [0.05, 0.1) is 5.56 Å². The maximum atomic E-state index is 14.2. The molecule has 2 heterocycles. The van der Waals surface area contributed by atoms with Crippen LogP contribution < -0.4 is 5.32 Å². The Morgan fingerprint density at radius 2 is 2.00 bits per heavy atom. The van der Waals surface area contributed by atoms with Gasteiger partial charge in [-0.3, -0.25) is 14.6 Å². The van der Waals surface area contributed by atoms with Gasteiger partial charge in [-0.25, -0.2) is 4.39 Å². The highest BCUT2D eigenvalue weighted by Crippen LogP contribution is 2.33. The Hall–Kier alpha value is -1.67. The number of likely N-dealkylation sites (N-methyl/N-ethyl adjacent to an activating group) is 1. The zero-order chi connectivity index (χ0) is 18.9. The Bertz CT molecular complexity index is 679. The lowest BCUT2D eigenvalue weighted by Gasteiger charge is -2.49. The molecule has 1 N–H and O–H groups in total. The number of nitrogens with zero attached hydrogens (tertiary/aromatic N) is 2. The van der Waals surface area contributed by atoms with Gasteiger partial charge in [-0.2, -0.15) is 13.2 Å². The molecule has 2 saturated heterocycles. The first-order valence-electron chi connectivity index (χ1n) is 8.76. The van der Waals surface area contributed by atoms with Crippen LogP contribution in [0.2, 0.25) is 0 Å². The Kier molecular flexibility index (Phi) is 5.25. The zero-order valence-corrected chi connectivity index (χ0v) is 14.7. The van der Waals surface area contributed by atoms with E-state index in [1.807, 2.05) is 7.05 Å². The van der Waals surface area contributed by atoms with Crippen LogP contribution in [0.15, 0.2) is 18.2 Å². The lowest BCUT2D eigenvalue weighted by Crippen LogP contribution is -2.60. The summed E-state index contributed by atoms with van der Waals surface area (Å²) >= 11 is 0. The van der Waals surface area contributed by atoms with Crippen LogP contribution >= 0.6 is 0 Å². The van der Waals surface area contributed by atoms with Crippen molar-refractivity contribution in [1.82, 2.24) is 15.1 Å². The Morgan fingerprint density at radius 1 is 1.23 bits per heavy atom. The van der Waals surface area contributed by atoms with Crippen molar-refractivity contribution < 1.29 is 22.4 Å². The van der Waals surface area contributed by atoms with E-state index in [1.165, 1.54) is 6.07 Å². The van der Waals surface area contributed by atoms with Gasteiger partial charge in [-0.05, 0) is 32.0 Å². The second-order valence-electron chi connectivity index (χ2n) is 7.26. The third-order valence-electron chi connectivity index (χ3n) is 5.58. The zero-order valence-electron chi connectivity index (χ0n) is 14.7. The monoisotopic (exact) mass is 373 g/mol. The fourth-order valence-electron chi connectivity index (χ4n) is 3.91. The number of benzene rings is 1. The smallest absolute Gasteiger partial charge is 0.356 e. The molecule has 0 bridgehead atoms. The van der Waals surface area contributed by atoms with E-state index in [0.29, 0.717) is 32.1 Å². The summed E-state index contributed by atoms with van der Waals surface area (Å²) in [7, 11) is 2.03. The summed E-state index contributed by atoms with van der Waals surface area (Å²) in [6.07, 6.45) is -2.56. The largest absolute Gasteiger partial charge is 0.416 e. The number of halogens is 4. The van der Waals surface area contributed by atoms with E-state index in [2.05, 4.69) is 15.1 Å². The molecule has 3 rings (SSSR count). The molecular weight excluding hydrogens is 350 g/mol. The van der Waals surface area contributed by atoms with Crippen molar-refractivity contribution in [3.8, 4) is 0 Å². The van der Waals surface area contributed by atoms with Gasteiger partial charge in [-0.1, -0.05) is 6.07 Å². The molecule has 0 saturated carbocycles. The average Bonchev–Trinajstić information content (AvgIpc) is 2.75. The van der Waals surface area contributed by atoms with E-state index in [4.69, 9.17) is 0 Å². The summed E-state index contributed by atoms with van der Waals surface area (Å²) in [5, 5.41) is 2.88. The second-order valence-corrected chi connectivity index (χ2v) is 7.26. The molecule has 2 aliphatic heterocycles. The van der Waals surface area contributed by atoms with Crippen molar-refractivity contribution in [2.75, 3.05) is 33.2 Å². The molecule has 0 aliphatic carbocycles. The number of rotatable bonds is 2. The molecule has 26 heavy (non-hydrogen) atoms. The van der Waals surface area contributed by atoms with Gasteiger partial charge < -0.3 is 5.32 Å². The molecule has 1 atom stereocenters. The first kappa shape index (κ1) is 19.1. The van der Waals surface area contributed by atoms with E-state index < -0.39 is 17.6 Å². The van der Waals surface area contributed by atoms with Crippen LogP contribution in [0.25, 0.3) is 0 Å². The van der Waals surface area contributed by atoms with E-state index in [-0.39, 0.29) is 23.6 Å². The standard InChI is InChI=1S/C18H23F4N3O/c1-24-8-9-25(12-17(24)5-4-16(26)23-7-6-17)11-13-2-3-14(10-15(13)19)18(20,21)22/h2-3,10H,4-9,11-12H2,1H3,(H,23,26)/t17-/m0/s1. The molecule has 8 heteroatoms. The first-order valence-corrected chi connectivity index (χ1v) is 8.76. The normalized spacial score (nSPS) is 26.0. The van der Waals surface area contributed by atoms with Crippen molar-refractivity contribution in [2.24, 2.45) is 0 Å². The van der Waals surface area contributed by atoms with Crippen molar-refractivity contribution in [2.45, 2.75) is 37.5 Å². The van der Waals surface area contributed by atoms with Crippen LogP contribution in [0.3, 0.4) is 0 Å². The van der Waals surface area contributed by atoms with Gasteiger partial charge in [0, 0.05) is 50.2 Å². The molecular formula is C18H23F4N3O. The highest BCUT2D eigenvalue weighted by Gasteiger charge is 2.41. The van der Waals surface area contributed by atoms with Crippen LogP contribution in [0.1, 0.15) is 30.4 Å². The molecule has 1 spiro atoms. The van der Waals surface area contributed by atoms with E-state index in [0.717, 1.165) is 25.5 Å². The van der Waals surface area contributed by atoms with E-state index in [1.54, 1.807) is 0 Å². The third-order valence-corrected chi connectivity index (χ3v) is 5.58. The van der Waals surface area contributed by atoms with Crippen LogP contribution in [0, 0.1) is 5.82 Å². The average molecular weight is 373 g/mol. The Balaban J connectivity index is 1.73. The van der Waals surface area contributed by atoms with E-state index in [9.17, 15) is 22.4 Å². The van der Waals surface area contributed by atoms with Gasteiger partial charge in [-0.15, -0.1) is 0 Å². The molecule has 1 aromatic carbocycles. The topological polar surface area (TPSA) is 35.6 Å². The fraction of sp³-hybridized carbons (Fsp3) is 0.611. The number of amides is 1. The number of hydrogen-bond acceptors (Lipinski definition) is 3. The van der Waals surface area contributed by atoms with Crippen molar-refractivity contribution in [1.29, 1.82) is 0 Å². The highest BCUT2D eigenvalue weighted by atomic mass is 19.4. The molecule has 144 valence electrons. The molecule has 0 aromatic heterocycles. The number of piperazine rings is 1. The van der Waals surface area contributed by atoms with Gasteiger partial charge in [0.1, 0.15) is 5.82 Å². The molecule has 4 nitrogen and oxygen atoms in total. The minimum Gasteiger partial charge on any atom is -0.356 e. The fourth-order valence-corrected chi connectivity index (χ4v) is 3.91. The van der Waals surface area contributed by atoms with Gasteiger partial charge >= 0.3 is 6.18 Å². The number of carbonyl (C=O) groups excluding carboxylic acids is 1. The van der Waals surface area contributed by atoms with Crippen molar-refractivity contribution in [3.05, 3.63) is 35.1 Å². The number of hydrogen-bond donors (Lipinski definition) is 1. The first-order chi connectivity index (χ1) is 12.2. The minimum atomic E-state index is -4.54. The summed E-state index contributed by atoms with van der Waals surface area (Å²) in [6, 6.07) is 2.72. The van der Waals surface area contributed by atoms with Gasteiger partial charge in [0.15, 0.2) is 0 Å². The van der Waals surface area contributed by atoms with Crippen LogP contribution in [0.5, 0.6) is 0 Å². The minimum absolute atomic E-state index is 0.0428. The van der Waals surface area contributed by atoms with Crippen LogP contribution in [-0.2, 0) is 17.5 Å². The highest BCUT2D eigenvalue weighted by molar-refractivity contribution is 5.76. The Labute approximate surface area is 150 Å². The maximum Gasteiger partial charge on any atom is 0.416 e. The quantitative estimate of drug-likeness (QED) is 0.810. The summed E-state index contributed by atoms with van der Waals surface area (Å²) in [6.45, 7) is 3.02. The third kappa shape index (κ3) is 4.01.